The predicted molar refractivity (Wildman–Crippen MR) is 89.7 cm³/mol. The molecule has 0 aliphatic heterocycles. The number of hydrogen-bond donors (Lipinski definition) is 1. The standard InChI is InChI=1S/C16H23Cl2NO2/c1-11(2)8-19-9-13-5-14(18)6-15(20-4)16(13)21-10-12(3)7-17/h5-7,11,19H,8-10H2,1-4H3/b12-7+. The lowest BCUT2D eigenvalue weighted by atomic mass is 10.1. The molecular weight excluding hydrogens is 309 g/mol. The molecule has 0 heterocycles. The monoisotopic (exact) mass is 331 g/mol. The van der Waals surface area contributed by atoms with Gasteiger partial charge in [-0.05, 0) is 31.0 Å². The number of halogens is 2. The Kier molecular flexibility index (Phi) is 7.94. The van der Waals surface area contributed by atoms with Crippen molar-refractivity contribution in [2.75, 3.05) is 20.3 Å². The van der Waals surface area contributed by atoms with Crippen LogP contribution in [0.5, 0.6) is 11.5 Å². The van der Waals surface area contributed by atoms with Crippen molar-refractivity contribution >= 4 is 23.2 Å². The highest BCUT2D eigenvalue weighted by Crippen LogP contribution is 2.35. The van der Waals surface area contributed by atoms with Crippen LogP contribution < -0.4 is 14.8 Å². The average Bonchev–Trinajstić information content (AvgIpc) is 2.44. The molecule has 3 nitrogen and oxygen atoms in total. The molecule has 0 bridgehead atoms. The SMILES string of the molecule is COc1cc(Cl)cc(CNCC(C)C)c1OC/C(C)=C/Cl. The molecule has 0 aliphatic rings. The summed E-state index contributed by atoms with van der Waals surface area (Å²) in [6.07, 6.45) is 0. The molecule has 1 N–H and O–H groups in total. The van der Waals surface area contributed by atoms with E-state index in [-0.39, 0.29) is 0 Å². The van der Waals surface area contributed by atoms with Crippen LogP contribution in [0.3, 0.4) is 0 Å². The van der Waals surface area contributed by atoms with Gasteiger partial charge in [0.05, 0.1) is 7.11 Å². The number of methoxy groups -OCH3 is 1. The summed E-state index contributed by atoms with van der Waals surface area (Å²) in [5.74, 6) is 1.92. The molecule has 0 aromatic heterocycles. The van der Waals surface area contributed by atoms with E-state index in [2.05, 4.69) is 19.2 Å². The largest absolute Gasteiger partial charge is 0.493 e. The highest BCUT2D eigenvalue weighted by molar-refractivity contribution is 6.30. The number of ether oxygens (including phenoxy) is 2. The van der Waals surface area contributed by atoms with Gasteiger partial charge in [-0.3, -0.25) is 0 Å². The molecule has 21 heavy (non-hydrogen) atoms. The van der Waals surface area contributed by atoms with E-state index in [4.69, 9.17) is 32.7 Å². The van der Waals surface area contributed by atoms with Gasteiger partial charge in [-0.1, -0.05) is 37.0 Å². The minimum absolute atomic E-state index is 0.415. The summed E-state index contributed by atoms with van der Waals surface area (Å²) in [6, 6.07) is 3.65. The molecule has 1 aromatic carbocycles. The van der Waals surface area contributed by atoms with E-state index in [1.54, 1.807) is 13.2 Å². The highest BCUT2D eigenvalue weighted by Gasteiger charge is 2.13. The molecule has 0 amide bonds. The summed E-state index contributed by atoms with van der Waals surface area (Å²) in [4.78, 5) is 0. The molecule has 0 atom stereocenters. The molecule has 0 fully saturated rings. The summed E-state index contributed by atoms with van der Waals surface area (Å²) in [6.45, 7) is 8.25. The van der Waals surface area contributed by atoms with Crippen LogP contribution >= 0.6 is 23.2 Å². The number of rotatable bonds is 8. The smallest absolute Gasteiger partial charge is 0.166 e. The van der Waals surface area contributed by atoms with Crippen molar-refractivity contribution < 1.29 is 9.47 Å². The Balaban J connectivity index is 2.93. The van der Waals surface area contributed by atoms with Crippen molar-refractivity contribution in [2.24, 2.45) is 5.92 Å². The molecule has 0 aliphatic carbocycles. The van der Waals surface area contributed by atoms with Gasteiger partial charge in [-0.15, -0.1) is 0 Å². The van der Waals surface area contributed by atoms with Crippen LogP contribution in [0, 0.1) is 5.92 Å². The van der Waals surface area contributed by atoms with Crippen LogP contribution in [0.4, 0.5) is 0 Å². The van der Waals surface area contributed by atoms with E-state index in [1.807, 2.05) is 13.0 Å². The molecule has 1 rings (SSSR count). The van der Waals surface area contributed by atoms with Crippen molar-refractivity contribution in [1.29, 1.82) is 0 Å². The summed E-state index contributed by atoms with van der Waals surface area (Å²) in [5, 5.41) is 4.02. The maximum Gasteiger partial charge on any atom is 0.166 e. The molecule has 1 aromatic rings. The molecule has 0 saturated carbocycles. The van der Waals surface area contributed by atoms with Gasteiger partial charge in [0, 0.05) is 28.7 Å². The minimum atomic E-state index is 0.415. The van der Waals surface area contributed by atoms with E-state index >= 15 is 0 Å². The van der Waals surface area contributed by atoms with E-state index in [0.29, 0.717) is 35.6 Å². The lowest BCUT2D eigenvalue weighted by Gasteiger charge is -2.17. The van der Waals surface area contributed by atoms with Gasteiger partial charge in [0.25, 0.3) is 0 Å². The van der Waals surface area contributed by atoms with E-state index in [0.717, 1.165) is 17.7 Å². The Morgan fingerprint density at radius 2 is 2.10 bits per heavy atom. The van der Waals surface area contributed by atoms with Crippen molar-refractivity contribution in [3.63, 3.8) is 0 Å². The predicted octanol–water partition coefficient (Wildman–Crippen LogP) is 4.62. The van der Waals surface area contributed by atoms with E-state index in [1.165, 1.54) is 5.54 Å². The van der Waals surface area contributed by atoms with Gasteiger partial charge in [0.15, 0.2) is 11.5 Å². The molecule has 118 valence electrons. The normalized spacial score (nSPS) is 11.9. The summed E-state index contributed by atoms with van der Waals surface area (Å²) in [7, 11) is 1.61. The second kappa shape index (κ2) is 9.19. The van der Waals surface area contributed by atoms with Crippen LogP contribution in [-0.4, -0.2) is 20.3 Å². The minimum Gasteiger partial charge on any atom is -0.493 e. The molecule has 5 heteroatoms. The van der Waals surface area contributed by atoms with E-state index < -0.39 is 0 Å². The fourth-order valence-electron chi connectivity index (χ4n) is 1.78. The lowest BCUT2D eigenvalue weighted by Crippen LogP contribution is -2.19. The van der Waals surface area contributed by atoms with E-state index in [9.17, 15) is 0 Å². The molecule has 0 spiro atoms. The second-order valence-electron chi connectivity index (χ2n) is 5.37. The first-order chi connectivity index (χ1) is 9.97. The highest BCUT2D eigenvalue weighted by atomic mass is 35.5. The van der Waals surface area contributed by atoms with Crippen molar-refractivity contribution in [3.8, 4) is 11.5 Å². The van der Waals surface area contributed by atoms with Crippen LogP contribution in [0.2, 0.25) is 5.02 Å². The van der Waals surface area contributed by atoms with Gasteiger partial charge in [0.2, 0.25) is 0 Å². The van der Waals surface area contributed by atoms with Gasteiger partial charge in [-0.25, -0.2) is 0 Å². The van der Waals surface area contributed by atoms with Crippen LogP contribution in [0.1, 0.15) is 26.3 Å². The van der Waals surface area contributed by atoms with Crippen LogP contribution in [0.25, 0.3) is 0 Å². The zero-order valence-corrected chi connectivity index (χ0v) is 14.5. The Hall–Kier alpha value is -0.900. The maximum absolute atomic E-state index is 6.14. The van der Waals surface area contributed by atoms with Crippen molar-refractivity contribution in [1.82, 2.24) is 5.32 Å². The third kappa shape index (κ3) is 6.16. The Bertz CT molecular complexity index is 487. The Morgan fingerprint density at radius 3 is 2.67 bits per heavy atom. The van der Waals surface area contributed by atoms with Gasteiger partial charge < -0.3 is 14.8 Å². The third-order valence-corrected chi connectivity index (χ3v) is 3.41. The van der Waals surface area contributed by atoms with Crippen molar-refractivity contribution in [3.05, 3.63) is 33.8 Å². The fraction of sp³-hybridized carbons (Fsp3) is 0.500. The zero-order chi connectivity index (χ0) is 15.8. The Morgan fingerprint density at radius 1 is 1.38 bits per heavy atom. The lowest BCUT2D eigenvalue weighted by molar-refractivity contribution is 0.315. The van der Waals surface area contributed by atoms with Crippen molar-refractivity contribution in [2.45, 2.75) is 27.3 Å². The van der Waals surface area contributed by atoms with Gasteiger partial charge in [-0.2, -0.15) is 0 Å². The third-order valence-electron chi connectivity index (χ3n) is 2.81. The number of benzene rings is 1. The molecule has 0 saturated heterocycles. The van der Waals surface area contributed by atoms with Crippen LogP contribution in [0.15, 0.2) is 23.2 Å². The number of nitrogens with one attached hydrogen (secondary N) is 1. The summed E-state index contributed by atoms with van der Waals surface area (Å²) < 4.78 is 11.2. The molecule has 0 radical (unpaired) electrons. The Labute approximate surface area is 137 Å². The first kappa shape index (κ1) is 18.1. The topological polar surface area (TPSA) is 30.5 Å². The first-order valence-electron chi connectivity index (χ1n) is 6.93. The number of hydrogen-bond acceptors (Lipinski definition) is 3. The second-order valence-corrected chi connectivity index (χ2v) is 6.02. The molecule has 0 unspecified atom stereocenters. The fourth-order valence-corrected chi connectivity index (χ4v) is 2.08. The summed E-state index contributed by atoms with van der Waals surface area (Å²) >= 11 is 11.8. The first-order valence-corrected chi connectivity index (χ1v) is 7.75. The average molecular weight is 332 g/mol. The van der Waals surface area contributed by atoms with Gasteiger partial charge in [0.1, 0.15) is 6.61 Å². The zero-order valence-electron chi connectivity index (χ0n) is 13.0. The maximum atomic E-state index is 6.14. The van der Waals surface area contributed by atoms with Gasteiger partial charge >= 0.3 is 0 Å². The summed E-state index contributed by atoms with van der Waals surface area (Å²) in [5.41, 5.74) is 3.43. The van der Waals surface area contributed by atoms with Crippen LogP contribution in [-0.2, 0) is 6.54 Å². The molecular formula is C16H23Cl2NO2. The quantitative estimate of drug-likeness (QED) is 0.754.